The summed E-state index contributed by atoms with van der Waals surface area (Å²) in [5, 5.41) is 2.95. The zero-order chi connectivity index (χ0) is 18.5. The first-order chi connectivity index (χ1) is 13.3. The van der Waals surface area contributed by atoms with Crippen LogP contribution in [0.25, 0.3) is 11.3 Å². The van der Waals surface area contributed by atoms with Crippen LogP contribution in [0.5, 0.6) is 0 Å². The molecule has 1 aliphatic heterocycles. The molecule has 2 aromatic carbocycles. The Kier molecular flexibility index (Phi) is 5.10. The van der Waals surface area contributed by atoms with E-state index < -0.39 is 0 Å². The normalized spacial score (nSPS) is 13.6. The first-order valence-corrected chi connectivity index (χ1v) is 9.29. The number of anilines is 1. The van der Waals surface area contributed by atoms with Gasteiger partial charge in [-0.05, 0) is 30.5 Å². The lowest BCUT2D eigenvalue weighted by molar-refractivity contribution is 0.0951. The van der Waals surface area contributed by atoms with Crippen molar-refractivity contribution in [2.75, 3.05) is 18.0 Å². The van der Waals surface area contributed by atoms with Crippen LogP contribution < -0.4 is 10.2 Å². The standard InChI is InChI=1S/C22H22N4O/c27-22(23-15-17-6-2-1-3-7-17)19-10-8-18(9-11-19)20-14-21(25-16-24-20)26-12-4-5-13-26/h1-3,6-11,14,16H,4-5,12-13,15H2,(H,23,27). The molecular weight excluding hydrogens is 336 g/mol. The van der Waals surface area contributed by atoms with Gasteiger partial charge in [-0.1, -0.05) is 42.5 Å². The molecule has 1 N–H and O–H groups in total. The number of nitrogens with one attached hydrogen (secondary N) is 1. The third-order valence-electron chi connectivity index (χ3n) is 4.82. The minimum atomic E-state index is -0.0779. The molecule has 0 aliphatic carbocycles. The van der Waals surface area contributed by atoms with Gasteiger partial charge < -0.3 is 10.2 Å². The van der Waals surface area contributed by atoms with Crippen LogP contribution in [0.3, 0.4) is 0 Å². The number of amides is 1. The van der Waals surface area contributed by atoms with Gasteiger partial charge in [-0.15, -0.1) is 0 Å². The van der Waals surface area contributed by atoms with Crippen LogP contribution in [0.15, 0.2) is 67.0 Å². The minimum Gasteiger partial charge on any atom is -0.357 e. The molecule has 27 heavy (non-hydrogen) atoms. The molecule has 3 aromatic rings. The molecule has 0 saturated carbocycles. The number of carbonyl (C=O) groups is 1. The second kappa shape index (κ2) is 7.99. The Morgan fingerprint density at radius 2 is 1.70 bits per heavy atom. The number of hydrogen-bond acceptors (Lipinski definition) is 4. The molecule has 1 amide bonds. The first kappa shape index (κ1) is 17.2. The average molecular weight is 358 g/mol. The van der Waals surface area contributed by atoms with E-state index in [9.17, 15) is 4.79 Å². The predicted octanol–water partition coefficient (Wildman–Crippen LogP) is 3.67. The maximum atomic E-state index is 12.4. The van der Waals surface area contributed by atoms with Crippen LogP contribution in [0.1, 0.15) is 28.8 Å². The monoisotopic (exact) mass is 358 g/mol. The Labute approximate surface area is 159 Å². The molecule has 1 fully saturated rings. The molecule has 136 valence electrons. The summed E-state index contributed by atoms with van der Waals surface area (Å²) >= 11 is 0. The molecule has 0 spiro atoms. The van der Waals surface area contributed by atoms with Crippen LogP contribution in [0, 0.1) is 0 Å². The van der Waals surface area contributed by atoms with E-state index in [1.54, 1.807) is 6.33 Å². The number of hydrogen-bond donors (Lipinski definition) is 1. The van der Waals surface area contributed by atoms with E-state index in [1.165, 1.54) is 12.8 Å². The Hall–Kier alpha value is -3.21. The van der Waals surface area contributed by atoms with Crippen molar-refractivity contribution in [3.63, 3.8) is 0 Å². The third-order valence-corrected chi connectivity index (χ3v) is 4.82. The van der Waals surface area contributed by atoms with Crippen LogP contribution >= 0.6 is 0 Å². The van der Waals surface area contributed by atoms with Crippen molar-refractivity contribution in [1.29, 1.82) is 0 Å². The van der Waals surface area contributed by atoms with Crippen LogP contribution in [-0.4, -0.2) is 29.0 Å². The van der Waals surface area contributed by atoms with Crippen molar-refractivity contribution in [3.8, 4) is 11.3 Å². The topological polar surface area (TPSA) is 58.1 Å². The minimum absolute atomic E-state index is 0.0779. The largest absolute Gasteiger partial charge is 0.357 e. The number of carbonyl (C=O) groups excluding carboxylic acids is 1. The summed E-state index contributed by atoms with van der Waals surface area (Å²) in [6.07, 6.45) is 4.04. The van der Waals surface area contributed by atoms with E-state index in [1.807, 2.05) is 60.7 Å². The molecule has 0 unspecified atom stereocenters. The third kappa shape index (κ3) is 4.14. The van der Waals surface area contributed by atoms with Crippen molar-refractivity contribution in [2.45, 2.75) is 19.4 Å². The maximum absolute atomic E-state index is 12.4. The van der Waals surface area contributed by atoms with Gasteiger partial charge in [-0.3, -0.25) is 4.79 Å². The Morgan fingerprint density at radius 1 is 0.963 bits per heavy atom. The highest BCUT2D eigenvalue weighted by atomic mass is 16.1. The molecule has 5 nitrogen and oxygen atoms in total. The zero-order valence-electron chi connectivity index (χ0n) is 15.1. The first-order valence-electron chi connectivity index (χ1n) is 9.29. The molecule has 5 heteroatoms. The lowest BCUT2D eigenvalue weighted by Crippen LogP contribution is -2.22. The summed E-state index contributed by atoms with van der Waals surface area (Å²) in [6.45, 7) is 2.63. The number of nitrogens with zero attached hydrogens (tertiary/aromatic N) is 3. The molecule has 1 aliphatic rings. The van der Waals surface area contributed by atoms with Crippen LogP contribution in [-0.2, 0) is 6.54 Å². The number of benzene rings is 2. The van der Waals surface area contributed by atoms with Crippen molar-refractivity contribution in [2.24, 2.45) is 0 Å². The van der Waals surface area contributed by atoms with Crippen LogP contribution in [0.4, 0.5) is 5.82 Å². The van der Waals surface area contributed by atoms with Gasteiger partial charge >= 0.3 is 0 Å². The molecule has 0 radical (unpaired) electrons. The van der Waals surface area contributed by atoms with Gasteiger partial charge in [-0.2, -0.15) is 0 Å². The molecule has 1 saturated heterocycles. The van der Waals surface area contributed by atoms with Crippen molar-refractivity contribution in [1.82, 2.24) is 15.3 Å². The second-order valence-electron chi connectivity index (χ2n) is 6.70. The van der Waals surface area contributed by atoms with E-state index in [0.717, 1.165) is 35.7 Å². The average Bonchev–Trinajstić information content (AvgIpc) is 3.28. The summed E-state index contributed by atoms with van der Waals surface area (Å²) in [7, 11) is 0. The van der Waals surface area contributed by atoms with Gasteiger partial charge in [0.05, 0.1) is 5.69 Å². The Balaban J connectivity index is 1.44. The van der Waals surface area contributed by atoms with E-state index in [-0.39, 0.29) is 5.91 Å². The smallest absolute Gasteiger partial charge is 0.251 e. The highest BCUT2D eigenvalue weighted by Crippen LogP contribution is 2.23. The van der Waals surface area contributed by atoms with Crippen LogP contribution in [0.2, 0.25) is 0 Å². The molecule has 2 heterocycles. The van der Waals surface area contributed by atoms with Gasteiger partial charge in [-0.25, -0.2) is 9.97 Å². The fraction of sp³-hybridized carbons (Fsp3) is 0.227. The molecule has 1 aromatic heterocycles. The maximum Gasteiger partial charge on any atom is 0.251 e. The van der Waals surface area contributed by atoms with E-state index >= 15 is 0 Å². The number of aromatic nitrogens is 2. The lowest BCUT2D eigenvalue weighted by atomic mass is 10.1. The predicted molar refractivity (Wildman–Crippen MR) is 107 cm³/mol. The Bertz CT molecular complexity index is 903. The van der Waals surface area contributed by atoms with Gasteiger partial charge in [0, 0.05) is 36.8 Å². The van der Waals surface area contributed by atoms with E-state index in [4.69, 9.17) is 0 Å². The molecule has 0 bridgehead atoms. The fourth-order valence-corrected chi connectivity index (χ4v) is 3.30. The zero-order valence-corrected chi connectivity index (χ0v) is 15.1. The SMILES string of the molecule is O=C(NCc1ccccc1)c1ccc(-c2cc(N3CCCC3)ncn2)cc1. The molecule has 0 atom stereocenters. The van der Waals surface area contributed by atoms with Crippen molar-refractivity contribution < 1.29 is 4.79 Å². The van der Waals surface area contributed by atoms with Crippen molar-refractivity contribution >= 4 is 11.7 Å². The van der Waals surface area contributed by atoms with Gasteiger partial charge in [0.15, 0.2) is 0 Å². The van der Waals surface area contributed by atoms with Gasteiger partial charge in [0.1, 0.15) is 12.1 Å². The Morgan fingerprint density at radius 3 is 2.44 bits per heavy atom. The van der Waals surface area contributed by atoms with Crippen molar-refractivity contribution in [3.05, 3.63) is 78.1 Å². The quantitative estimate of drug-likeness (QED) is 0.756. The summed E-state index contributed by atoms with van der Waals surface area (Å²) < 4.78 is 0. The summed E-state index contributed by atoms with van der Waals surface area (Å²) in [5.41, 5.74) is 3.59. The highest BCUT2D eigenvalue weighted by molar-refractivity contribution is 5.94. The molecule has 4 rings (SSSR count). The van der Waals surface area contributed by atoms with Gasteiger partial charge in [0.2, 0.25) is 0 Å². The molecular formula is C22H22N4O. The summed E-state index contributed by atoms with van der Waals surface area (Å²) in [4.78, 5) is 23.4. The van der Waals surface area contributed by atoms with E-state index in [2.05, 4.69) is 20.2 Å². The highest BCUT2D eigenvalue weighted by Gasteiger charge is 2.14. The summed E-state index contributed by atoms with van der Waals surface area (Å²) in [5.74, 6) is 0.896. The lowest BCUT2D eigenvalue weighted by Gasteiger charge is -2.16. The second-order valence-corrected chi connectivity index (χ2v) is 6.70. The fourth-order valence-electron chi connectivity index (χ4n) is 3.30. The summed E-state index contributed by atoms with van der Waals surface area (Å²) in [6, 6.07) is 19.5. The number of rotatable bonds is 5. The van der Waals surface area contributed by atoms with E-state index in [0.29, 0.717) is 12.1 Å². The van der Waals surface area contributed by atoms with Gasteiger partial charge in [0.25, 0.3) is 5.91 Å².